The van der Waals surface area contributed by atoms with Gasteiger partial charge in [0.1, 0.15) is 11.5 Å². The van der Waals surface area contributed by atoms with Crippen molar-refractivity contribution in [2.24, 2.45) is 0 Å². The van der Waals surface area contributed by atoms with Crippen LogP contribution in [0.1, 0.15) is 24.0 Å². The standard InChI is InChI=1S/C52H48N2O2/c1-35-31-45(41-25-15-19-37-17-5-7-21-39(37)41)51(55-3)47(33-35)43-23-9-11-27-49(43)53-29-13-14-30-54-50-28-12-10-24-44(50)48-34-36(2)32-46(52(48)56-4)42-26-16-20-38-18-6-8-22-40(38)42/h5-12,15-28,31-34,53-54H,13-14,29-30H2,1-4H3. The molecule has 0 aliphatic carbocycles. The van der Waals surface area contributed by atoms with Gasteiger partial charge < -0.3 is 20.1 Å². The van der Waals surface area contributed by atoms with Crippen molar-refractivity contribution >= 4 is 32.9 Å². The van der Waals surface area contributed by atoms with Gasteiger partial charge in [-0.2, -0.15) is 0 Å². The first-order valence-corrected chi connectivity index (χ1v) is 19.5. The summed E-state index contributed by atoms with van der Waals surface area (Å²) < 4.78 is 12.4. The van der Waals surface area contributed by atoms with E-state index in [1.54, 1.807) is 14.2 Å². The average molecular weight is 733 g/mol. The highest BCUT2D eigenvalue weighted by molar-refractivity contribution is 6.01. The van der Waals surface area contributed by atoms with E-state index in [1.807, 2.05) is 0 Å². The highest BCUT2D eigenvalue weighted by atomic mass is 16.5. The van der Waals surface area contributed by atoms with Crippen LogP contribution in [-0.4, -0.2) is 27.3 Å². The molecule has 8 aromatic rings. The van der Waals surface area contributed by atoms with Crippen LogP contribution < -0.4 is 20.1 Å². The highest BCUT2D eigenvalue weighted by Gasteiger charge is 2.19. The van der Waals surface area contributed by atoms with Gasteiger partial charge in [-0.3, -0.25) is 0 Å². The molecule has 4 nitrogen and oxygen atoms in total. The summed E-state index contributed by atoms with van der Waals surface area (Å²) >= 11 is 0. The summed E-state index contributed by atoms with van der Waals surface area (Å²) in [6, 6.07) is 56.2. The third kappa shape index (κ3) is 7.31. The van der Waals surface area contributed by atoms with Crippen LogP contribution in [0.2, 0.25) is 0 Å². The second-order valence-electron chi connectivity index (χ2n) is 14.5. The topological polar surface area (TPSA) is 42.5 Å². The molecule has 0 saturated heterocycles. The molecule has 4 heteroatoms. The van der Waals surface area contributed by atoms with Crippen molar-refractivity contribution in [3.63, 3.8) is 0 Å². The van der Waals surface area contributed by atoms with E-state index in [4.69, 9.17) is 9.47 Å². The first kappa shape index (κ1) is 36.5. The van der Waals surface area contributed by atoms with Gasteiger partial charge in [-0.05, 0) is 107 Å². The number of unbranched alkanes of at least 4 members (excludes halogenated alkanes) is 1. The Kier molecular flexibility index (Phi) is 10.7. The third-order valence-corrected chi connectivity index (χ3v) is 10.7. The fraction of sp³-hybridized carbons (Fsp3) is 0.154. The normalized spacial score (nSPS) is 11.1. The summed E-state index contributed by atoms with van der Waals surface area (Å²) in [4.78, 5) is 0. The van der Waals surface area contributed by atoms with Crippen LogP contribution in [0.3, 0.4) is 0 Å². The maximum Gasteiger partial charge on any atom is 0.134 e. The molecule has 278 valence electrons. The monoisotopic (exact) mass is 732 g/mol. The smallest absolute Gasteiger partial charge is 0.134 e. The largest absolute Gasteiger partial charge is 0.495 e. The van der Waals surface area contributed by atoms with Crippen LogP contribution >= 0.6 is 0 Å². The predicted octanol–water partition coefficient (Wildman–Crippen LogP) is 13.6. The van der Waals surface area contributed by atoms with Gasteiger partial charge in [-0.1, -0.05) is 121 Å². The number of hydrogen-bond donors (Lipinski definition) is 2. The minimum Gasteiger partial charge on any atom is -0.495 e. The van der Waals surface area contributed by atoms with E-state index in [1.165, 1.54) is 43.8 Å². The van der Waals surface area contributed by atoms with Gasteiger partial charge in [-0.25, -0.2) is 0 Å². The Bertz CT molecular complexity index is 2470. The van der Waals surface area contributed by atoms with Crippen molar-refractivity contribution in [3.05, 3.63) is 169 Å². The molecule has 0 aromatic heterocycles. The van der Waals surface area contributed by atoms with Crippen molar-refractivity contribution in [3.8, 4) is 56.0 Å². The summed E-state index contributed by atoms with van der Waals surface area (Å²) in [5, 5.41) is 12.4. The number of rotatable bonds is 13. The summed E-state index contributed by atoms with van der Waals surface area (Å²) in [6.45, 7) is 6.03. The molecule has 2 N–H and O–H groups in total. The van der Waals surface area contributed by atoms with E-state index in [2.05, 4.69) is 182 Å². The van der Waals surface area contributed by atoms with Crippen LogP contribution in [0.15, 0.2) is 158 Å². The molecule has 0 amide bonds. The molecule has 0 spiro atoms. The van der Waals surface area contributed by atoms with Crippen molar-refractivity contribution in [1.29, 1.82) is 0 Å². The Morgan fingerprint density at radius 3 is 1.14 bits per heavy atom. The Morgan fingerprint density at radius 1 is 0.375 bits per heavy atom. The van der Waals surface area contributed by atoms with Crippen molar-refractivity contribution in [2.45, 2.75) is 26.7 Å². The number of benzene rings is 8. The first-order valence-electron chi connectivity index (χ1n) is 19.5. The summed E-state index contributed by atoms with van der Waals surface area (Å²) in [6.07, 6.45) is 2.02. The maximum absolute atomic E-state index is 6.21. The van der Waals surface area contributed by atoms with Crippen molar-refractivity contribution in [2.75, 3.05) is 37.9 Å². The van der Waals surface area contributed by atoms with Gasteiger partial charge in [-0.15, -0.1) is 0 Å². The van der Waals surface area contributed by atoms with Crippen LogP contribution in [0.5, 0.6) is 11.5 Å². The highest BCUT2D eigenvalue weighted by Crippen LogP contribution is 2.46. The van der Waals surface area contributed by atoms with Crippen molar-refractivity contribution < 1.29 is 9.47 Å². The molecule has 56 heavy (non-hydrogen) atoms. The van der Waals surface area contributed by atoms with E-state index in [0.29, 0.717) is 0 Å². The molecule has 8 rings (SSSR count). The van der Waals surface area contributed by atoms with Crippen LogP contribution in [0.25, 0.3) is 66.1 Å². The maximum atomic E-state index is 6.21. The minimum atomic E-state index is 0.852. The number of fused-ring (bicyclic) bond motifs is 2. The van der Waals surface area contributed by atoms with Gasteiger partial charge in [0, 0.05) is 57.8 Å². The van der Waals surface area contributed by atoms with Gasteiger partial charge in [0.15, 0.2) is 0 Å². The number of ether oxygens (including phenoxy) is 2. The third-order valence-electron chi connectivity index (χ3n) is 10.7. The molecule has 0 saturated carbocycles. The van der Waals surface area contributed by atoms with E-state index >= 15 is 0 Å². The number of aryl methyl sites for hydroxylation is 2. The second kappa shape index (κ2) is 16.5. The fourth-order valence-electron chi connectivity index (χ4n) is 8.15. The lowest BCUT2D eigenvalue weighted by atomic mass is 9.91. The van der Waals surface area contributed by atoms with Gasteiger partial charge in [0.25, 0.3) is 0 Å². The molecule has 0 bridgehead atoms. The van der Waals surface area contributed by atoms with E-state index in [-0.39, 0.29) is 0 Å². The zero-order chi connectivity index (χ0) is 38.4. The molecule has 8 aromatic carbocycles. The Balaban J connectivity index is 0.984. The zero-order valence-corrected chi connectivity index (χ0v) is 32.7. The average Bonchev–Trinajstić information content (AvgIpc) is 3.24. The lowest BCUT2D eigenvalue weighted by molar-refractivity contribution is 0.418. The van der Waals surface area contributed by atoms with Gasteiger partial charge in [0.2, 0.25) is 0 Å². The Labute approximate surface area is 330 Å². The second-order valence-corrected chi connectivity index (χ2v) is 14.5. The fourth-order valence-corrected chi connectivity index (χ4v) is 8.15. The Morgan fingerprint density at radius 2 is 0.714 bits per heavy atom. The van der Waals surface area contributed by atoms with Crippen LogP contribution in [0, 0.1) is 13.8 Å². The predicted molar refractivity (Wildman–Crippen MR) is 238 cm³/mol. The molecule has 0 aliphatic rings. The van der Waals surface area contributed by atoms with E-state index in [0.717, 1.165) is 82.2 Å². The lowest BCUT2D eigenvalue weighted by Gasteiger charge is -2.20. The van der Waals surface area contributed by atoms with Gasteiger partial charge >= 0.3 is 0 Å². The van der Waals surface area contributed by atoms with Crippen molar-refractivity contribution in [1.82, 2.24) is 0 Å². The zero-order valence-electron chi connectivity index (χ0n) is 32.7. The lowest BCUT2D eigenvalue weighted by Crippen LogP contribution is -2.08. The quantitative estimate of drug-likeness (QED) is 0.116. The molecule has 0 aliphatic heterocycles. The molecule has 0 unspecified atom stereocenters. The van der Waals surface area contributed by atoms with Crippen LogP contribution in [-0.2, 0) is 0 Å². The molecule has 0 radical (unpaired) electrons. The number of hydrogen-bond acceptors (Lipinski definition) is 4. The molecule has 0 heterocycles. The summed E-state index contributed by atoms with van der Waals surface area (Å²) in [5.41, 5.74) is 13.6. The van der Waals surface area contributed by atoms with E-state index in [9.17, 15) is 0 Å². The molecular formula is C52H48N2O2. The number of anilines is 2. The molecule has 0 fully saturated rings. The molecular weight excluding hydrogens is 685 g/mol. The number of nitrogens with one attached hydrogen (secondary N) is 2. The number of methoxy groups -OCH3 is 2. The summed E-state index contributed by atoms with van der Waals surface area (Å²) in [5.74, 6) is 1.78. The van der Waals surface area contributed by atoms with E-state index < -0.39 is 0 Å². The minimum absolute atomic E-state index is 0.852. The van der Waals surface area contributed by atoms with Crippen LogP contribution in [0.4, 0.5) is 11.4 Å². The molecule has 0 atom stereocenters. The number of para-hydroxylation sites is 2. The first-order chi connectivity index (χ1) is 27.5. The SMILES string of the molecule is COc1c(-c2ccccc2NCCCCNc2ccccc2-c2cc(C)cc(-c3cccc4ccccc34)c2OC)cc(C)cc1-c1cccc2ccccc12. The van der Waals surface area contributed by atoms with Gasteiger partial charge in [0.05, 0.1) is 14.2 Å². The Hall–Kier alpha value is -6.52. The summed E-state index contributed by atoms with van der Waals surface area (Å²) in [7, 11) is 3.56.